The van der Waals surface area contributed by atoms with E-state index in [0.29, 0.717) is 15.7 Å². The van der Waals surface area contributed by atoms with Crippen molar-refractivity contribution in [3.05, 3.63) is 88.4 Å². The SMILES string of the molecule is O=C(COc1c(Cl)cc(C=Nc2ccccc2)cc1Cl)Nc1ccccc1. The molecule has 0 saturated heterocycles. The maximum atomic E-state index is 12.0. The number of halogens is 2. The fourth-order valence-electron chi connectivity index (χ4n) is 2.31. The van der Waals surface area contributed by atoms with E-state index < -0.39 is 0 Å². The van der Waals surface area contributed by atoms with Gasteiger partial charge in [-0.05, 0) is 42.0 Å². The van der Waals surface area contributed by atoms with Gasteiger partial charge in [-0.25, -0.2) is 0 Å². The summed E-state index contributed by atoms with van der Waals surface area (Å²) in [5.41, 5.74) is 2.24. The molecule has 0 saturated carbocycles. The molecule has 1 amide bonds. The van der Waals surface area contributed by atoms with Crippen LogP contribution in [0.25, 0.3) is 0 Å². The number of carbonyl (C=O) groups is 1. The highest BCUT2D eigenvalue weighted by Gasteiger charge is 2.11. The number of ether oxygens (including phenoxy) is 1. The Morgan fingerprint density at radius 1 is 0.963 bits per heavy atom. The summed E-state index contributed by atoms with van der Waals surface area (Å²) in [6.45, 7) is -0.203. The first-order valence-electron chi connectivity index (χ1n) is 8.17. The van der Waals surface area contributed by atoms with Crippen LogP contribution in [0, 0.1) is 0 Å². The Balaban J connectivity index is 1.64. The van der Waals surface area contributed by atoms with Crippen molar-refractivity contribution >= 4 is 46.7 Å². The first kappa shape index (κ1) is 19.0. The molecule has 3 rings (SSSR count). The molecule has 136 valence electrons. The van der Waals surface area contributed by atoms with E-state index in [0.717, 1.165) is 11.3 Å². The molecule has 0 atom stereocenters. The molecular formula is C21H16Cl2N2O2. The lowest BCUT2D eigenvalue weighted by molar-refractivity contribution is -0.118. The van der Waals surface area contributed by atoms with E-state index in [2.05, 4.69) is 10.3 Å². The summed E-state index contributed by atoms with van der Waals surface area (Å²) in [7, 11) is 0. The molecule has 0 unspecified atom stereocenters. The molecule has 0 radical (unpaired) electrons. The molecule has 4 nitrogen and oxygen atoms in total. The molecule has 1 N–H and O–H groups in total. The van der Waals surface area contributed by atoms with Crippen LogP contribution in [0.3, 0.4) is 0 Å². The number of benzene rings is 3. The largest absolute Gasteiger partial charge is 0.481 e. The fraction of sp³-hybridized carbons (Fsp3) is 0.0476. The Bertz CT molecular complexity index is 922. The third-order valence-electron chi connectivity index (χ3n) is 3.54. The van der Waals surface area contributed by atoms with Crippen molar-refractivity contribution < 1.29 is 9.53 Å². The van der Waals surface area contributed by atoms with Crippen molar-refractivity contribution in [2.24, 2.45) is 4.99 Å². The molecule has 0 bridgehead atoms. The normalized spacial score (nSPS) is 10.7. The zero-order valence-corrected chi connectivity index (χ0v) is 15.7. The van der Waals surface area contributed by atoms with Gasteiger partial charge in [0.25, 0.3) is 5.91 Å². The summed E-state index contributed by atoms with van der Waals surface area (Å²) < 4.78 is 5.50. The second kappa shape index (κ2) is 9.21. The van der Waals surface area contributed by atoms with E-state index in [1.54, 1.807) is 30.5 Å². The van der Waals surface area contributed by atoms with Crippen molar-refractivity contribution in [3.63, 3.8) is 0 Å². The van der Waals surface area contributed by atoms with Gasteiger partial charge < -0.3 is 10.1 Å². The van der Waals surface area contributed by atoms with Gasteiger partial charge in [0.15, 0.2) is 12.4 Å². The smallest absolute Gasteiger partial charge is 0.262 e. The van der Waals surface area contributed by atoms with Gasteiger partial charge in [-0.3, -0.25) is 9.79 Å². The highest BCUT2D eigenvalue weighted by atomic mass is 35.5. The van der Waals surface area contributed by atoms with Gasteiger partial charge in [-0.1, -0.05) is 59.6 Å². The Hall–Kier alpha value is -2.82. The Labute approximate surface area is 167 Å². The van der Waals surface area contributed by atoms with Gasteiger partial charge in [0.2, 0.25) is 0 Å². The van der Waals surface area contributed by atoms with E-state index in [1.165, 1.54) is 0 Å². The number of nitrogens with one attached hydrogen (secondary N) is 1. The van der Waals surface area contributed by atoms with Crippen molar-refractivity contribution in [2.45, 2.75) is 0 Å². The van der Waals surface area contributed by atoms with Crippen LogP contribution in [0.2, 0.25) is 10.0 Å². The minimum atomic E-state index is -0.303. The predicted molar refractivity (Wildman–Crippen MR) is 111 cm³/mol. The number of amides is 1. The van der Waals surface area contributed by atoms with Crippen LogP contribution in [0.5, 0.6) is 5.75 Å². The number of rotatable bonds is 6. The zero-order valence-electron chi connectivity index (χ0n) is 14.2. The molecular weight excluding hydrogens is 383 g/mol. The second-order valence-electron chi connectivity index (χ2n) is 5.61. The van der Waals surface area contributed by atoms with Crippen LogP contribution in [0.15, 0.2) is 77.8 Å². The fourth-order valence-corrected chi connectivity index (χ4v) is 2.92. The lowest BCUT2D eigenvalue weighted by Crippen LogP contribution is -2.20. The van der Waals surface area contributed by atoms with Crippen LogP contribution in [-0.2, 0) is 4.79 Å². The molecule has 27 heavy (non-hydrogen) atoms. The molecule has 0 aromatic heterocycles. The lowest BCUT2D eigenvalue weighted by atomic mass is 10.2. The van der Waals surface area contributed by atoms with Crippen LogP contribution in [-0.4, -0.2) is 18.7 Å². The number of nitrogens with zero attached hydrogens (tertiary/aromatic N) is 1. The average molecular weight is 399 g/mol. The standard InChI is InChI=1S/C21H16Cl2N2O2/c22-18-11-15(13-24-16-7-3-1-4-8-16)12-19(23)21(18)27-14-20(26)25-17-9-5-2-6-10-17/h1-13H,14H2,(H,25,26). The summed E-state index contributed by atoms with van der Waals surface area (Å²) >= 11 is 12.5. The highest BCUT2D eigenvalue weighted by Crippen LogP contribution is 2.34. The van der Waals surface area contributed by atoms with Crippen LogP contribution in [0.4, 0.5) is 11.4 Å². The Kier molecular flexibility index (Phi) is 6.47. The molecule has 3 aromatic rings. The minimum absolute atomic E-state index is 0.203. The number of aliphatic imine (C=N–C) groups is 1. The third-order valence-corrected chi connectivity index (χ3v) is 4.11. The number of hydrogen-bond donors (Lipinski definition) is 1. The van der Waals surface area contributed by atoms with Crippen molar-refractivity contribution in [2.75, 3.05) is 11.9 Å². The van der Waals surface area contributed by atoms with Gasteiger partial charge in [0, 0.05) is 11.9 Å². The van der Waals surface area contributed by atoms with Gasteiger partial charge in [0.05, 0.1) is 15.7 Å². The summed E-state index contributed by atoms with van der Waals surface area (Å²) in [5.74, 6) is -0.0403. The number of hydrogen-bond acceptors (Lipinski definition) is 3. The van der Waals surface area contributed by atoms with E-state index in [4.69, 9.17) is 27.9 Å². The van der Waals surface area contributed by atoms with Crippen molar-refractivity contribution in [1.29, 1.82) is 0 Å². The van der Waals surface area contributed by atoms with Crippen LogP contribution in [0.1, 0.15) is 5.56 Å². The highest BCUT2D eigenvalue weighted by molar-refractivity contribution is 6.37. The van der Waals surface area contributed by atoms with E-state index >= 15 is 0 Å². The van der Waals surface area contributed by atoms with Gasteiger partial charge in [0.1, 0.15) is 0 Å². The third kappa shape index (κ3) is 5.58. The first-order chi connectivity index (χ1) is 13.1. The molecule has 0 aliphatic heterocycles. The Morgan fingerprint density at radius 3 is 2.19 bits per heavy atom. The molecule has 0 aliphatic carbocycles. The average Bonchev–Trinajstić information content (AvgIpc) is 2.67. The Morgan fingerprint density at radius 2 is 1.56 bits per heavy atom. The molecule has 3 aromatic carbocycles. The van der Waals surface area contributed by atoms with Gasteiger partial charge in [-0.15, -0.1) is 0 Å². The summed E-state index contributed by atoms with van der Waals surface area (Å²) in [6.07, 6.45) is 1.67. The predicted octanol–water partition coefficient (Wildman–Crippen LogP) is 5.76. The molecule has 0 fully saturated rings. The van der Waals surface area contributed by atoms with Crippen LogP contribution < -0.4 is 10.1 Å². The van der Waals surface area contributed by atoms with Crippen molar-refractivity contribution in [3.8, 4) is 5.75 Å². The zero-order chi connectivity index (χ0) is 19.1. The number of para-hydroxylation sites is 2. The summed E-state index contributed by atoms with van der Waals surface area (Å²) in [5, 5.41) is 3.35. The number of anilines is 1. The van der Waals surface area contributed by atoms with E-state index in [1.807, 2.05) is 48.5 Å². The molecule has 0 heterocycles. The van der Waals surface area contributed by atoms with E-state index in [9.17, 15) is 4.79 Å². The minimum Gasteiger partial charge on any atom is -0.481 e. The molecule has 6 heteroatoms. The summed E-state index contributed by atoms with van der Waals surface area (Å²) in [4.78, 5) is 16.4. The van der Waals surface area contributed by atoms with Gasteiger partial charge >= 0.3 is 0 Å². The van der Waals surface area contributed by atoms with Crippen molar-refractivity contribution in [1.82, 2.24) is 0 Å². The lowest BCUT2D eigenvalue weighted by Gasteiger charge is -2.11. The molecule has 0 aliphatic rings. The summed E-state index contributed by atoms with van der Waals surface area (Å²) in [6, 6.07) is 22.0. The topological polar surface area (TPSA) is 50.7 Å². The quantitative estimate of drug-likeness (QED) is 0.536. The second-order valence-corrected chi connectivity index (χ2v) is 6.42. The van der Waals surface area contributed by atoms with E-state index in [-0.39, 0.29) is 18.3 Å². The molecule has 0 spiro atoms. The number of carbonyl (C=O) groups excluding carboxylic acids is 1. The first-order valence-corrected chi connectivity index (χ1v) is 8.93. The maximum absolute atomic E-state index is 12.0. The van der Waals surface area contributed by atoms with Crippen LogP contribution >= 0.6 is 23.2 Å². The monoisotopic (exact) mass is 398 g/mol. The maximum Gasteiger partial charge on any atom is 0.262 e. The van der Waals surface area contributed by atoms with Gasteiger partial charge in [-0.2, -0.15) is 0 Å².